The lowest BCUT2D eigenvalue weighted by Gasteiger charge is -2.04. The topological polar surface area (TPSA) is 53.1 Å². The van der Waals surface area contributed by atoms with Crippen LogP contribution in [0.15, 0.2) is 89.5 Å². The van der Waals surface area contributed by atoms with Gasteiger partial charge in [-0.25, -0.2) is 9.67 Å². The third kappa shape index (κ3) is 3.27. The lowest BCUT2D eigenvalue weighted by atomic mass is 10.1. The lowest BCUT2D eigenvalue weighted by Crippen LogP contribution is -1.94. The van der Waals surface area contributed by atoms with Gasteiger partial charge < -0.3 is 9.15 Å². The number of rotatable bonds is 5. The van der Waals surface area contributed by atoms with Gasteiger partial charge in [0.05, 0.1) is 17.9 Å². The minimum atomic E-state index is 0.553. The van der Waals surface area contributed by atoms with Crippen molar-refractivity contribution in [3.8, 4) is 34.1 Å². The molecule has 0 saturated heterocycles. The molecule has 5 heteroatoms. The Morgan fingerprint density at radius 1 is 0.897 bits per heavy atom. The normalized spacial score (nSPS) is 11.1. The van der Waals surface area contributed by atoms with Crippen LogP contribution >= 0.6 is 0 Å². The van der Waals surface area contributed by atoms with Crippen molar-refractivity contribution in [1.29, 1.82) is 0 Å². The highest BCUT2D eigenvalue weighted by molar-refractivity contribution is 5.82. The highest BCUT2D eigenvalue weighted by atomic mass is 16.5. The number of aromatic nitrogens is 3. The van der Waals surface area contributed by atoms with Crippen molar-refractivity contribution in [3.63, 3.8) is 0 Å². The molecule has 0 atom stereocenters. The SMILES string of the molecule is CCOc1ccc(-c2nn(-c3ccccc3)cc2-c2nc3ccccc3o2)cc1. The second-order valence-corrected chi connectivity index (χ2v) is 6.62. The summed E-state index contributed by atoms with van der Waals surface area (Å²) in [6, 6.07) is 25.7. The largest absolute Gasteiger partial charge is 0.494 e. The van der Waals surface area contributed by atoms with E-state index in [0.717, 1.165) is 39.4 Å². The van der Waals surface area contributed by atoms with E-state index in [4.69, 9.17) is 14.3 Å². The smallest absolute Gasteiger partial charge is 0.231 e. The molecule has 0 aliphatic heterocycles. The molecule has 0 N–H and O–H groups in total. The van der Waals surface area contributed by atoms with E-state index in [1.807, 2.05) is 96.7 Å². The van der Waals surface area contributed by atoms with Crippen molar-refractivity contribution in [2.45, 2.75) is 6.92 Å². The lowest BCUT2D eigenvalue weighted by molar-refractivity contribution is 0.340. The van der Waals surface area contributed by atoms with Crippen LogP contribution in [-0.4, -0.2) is 21.4 Å². The van der Waals surface area contributed by atoms with Gasteiger partial charge in [-0.1, -0.05) is 30.3 Å². The molecule has 5 nitrogen and oxygen atoms in total. The molecular formula is C24H19N3O2. The molecule has 142 valence electrons. The molecule has 0 amide bonds. The van der Waals surface area contributed by atoms with E-state index >= 15 is 0 Å². The van der Waals surface area contributed by atoms with Gasteiger partial charge >= 0.3 is 0 Å². The van der Waals surface area contributed by atoms with Crippen LogP contribution in [-0.2, 0) is 0 Å². The number of hydrogen-bond donors (Lipinski definition) is 0. The fourth-order valence-electron chi connectivity index (χ4n) is 3.32. The third-order valence-corrected chi connectivity index (χ3v) is 4.70. The Morgan fingerprint density at radius 3 is 2.41 bits per heavy atom. The maximum Gasteiger partial charge on any atom is 0.231 e. The van der Waals surface area contributed by atoms with Crippen molar-refractivity contribution in [2.75, 3.05) is 6.61 Å². The molecule has 0 aliphatic rings. The van der Waals surface area contributed by atoms with Gasteiger partial charge in [0.1, 0.15) is 17.0 Å². The van der Waals surface area contributed by atoms with Gasteiger partial charge in [-0.3, -0.25) is 0 Å². The molecule has 29 heavy (non-hydrogen) atoms. The summed E-state index contributed by atoms with van der Waals surface area (Å²) in [6.07, 6.45) is 1.96. The monoisotopic (exact) mass is 381 g/mol. The first kappa shape index (κ1) is 17.3. The van der Waals surface area contributed by atoms with E-state index in [0.29, 0.717) is 12.5 Å². The highest BCUT2D eigenvalue weighted by Gasteiger charge is 2.19. The molecule has 0 fully saturated rings. The van der Waals surface area contributed by atoms with E-state index in [1.54, 1.807) is 0 Å². The number of nitrogens with zero attached hydrogens (tertiary/aromatic N) is 3. The molecule has 3 aromatic carbocycles. The Labute approximate surface area is 168 Å². The van der Waals surface area contributed by atoms with Crippen LogP contribution in [0.25, 0.3) is 39.5 Å². The fourth-order valence-corrected chi connectivity index (χ4v) is 3.32. The molecule has 5 aromatic rings. The van der Waals surface area contributed by atoms with Crippen molar-refractivity contribution in [1.82, 2.24) is 14.8 Å². The van der Waals surface area contributed by atoms with E-state index in [9.17, 15) is 0 Å². The molecule has 0 unspecified atom stereocenters. The van der Waals surface area contributed by atoms with E-state index in [1.165, 1.54) is 0 Å². The number of fused-ring (bicyclic) bond motifs is 1. The average Bonchev–Trinajstić information content (AvgIpc) is 3.40. The molecule has 0 saturated carbocycles. The maximum atomic E-state index is 6.04. The first-order valence-electron chi connectivity index (χ1n) is 9.56. The van der Waals surface area contributed by atoms with Gasteiger partial charge in [-0.05, 0) is 55.5 Å². The van der Waals surface area contributed by atoms with Crippen LogP contribution < -0.4 is 4.74 Å². The standard InChI is InChI=1S/C24H19N3O2/c1-2-28-19-14-12-17(13-15-19)23-20(16-27(26-23)18-8-4-3-5-9-18)24-25-21-10-6-7-11-22(21)29-24/h3-16H,2H2,1H3. The summed E-state index contributed by atoms with van der Waals surface area (Å²) in [6.45, 7) is 2.61. The summed E-state index contributed by atoms with van der Waals surface area (Å²) in [5.74, 6) is 1.39. The van der Waals surface area contributed by atoms with Crippen LogP contribution in [0, 0.1) is 0 Å². The number of oxazole rings is 1. The zero-order chi connectivity index (χ0) is 19.6. The number of ether oxygens (including phenoxy) is 1. The first-order chi connectivity index (χ1) is 14.3. The van der Waals surface area contributed by atoms with Crippen molar-refractivity contribution in [2.24, 2.45) is 0 Å². The zero-order valence-corrected chi connectivity index (χ0v) is 15.9. The van der Waals surface area contributed by atoms with Gasteiger partial charge in [0.15, 0.2) is 5.58 Å². The number of hydrogen-bond acceptors (Lipinski definition) is 4. The molecule has 0 aliphatic carbocycles. The van der Waals surface area contributed by atoms with Gasteiger partial charge in [-0.15, -0.1) is 0 Å². The Bertz CT molecular complexity index is 1220. The third-order valence-electron chi connectivity index (χ3n) is 4.70. The summed E-state index contributed by atoms with van der Waals surface area (Å²) in [5, 5.41) is 4.85. The van der Waals surface area contributed by atoms with E-state index in [-0.39, 0.29) is 0 Å². The van der Waals surface area contributed by atoms with Crippen LogP contribution in [0.2, 0.25) is 0 Å². The second-order valence-electron chi connectivity index (χ2n) is 6.62. The van der Waals surface area contributed by atoms with Gasteiger partial charge in [0, 0.05) is 11.8 Å². The summed E-state index contributed by atoms with van der Waals surface area (Å²) < 4.78 is 13.5. The number of benzene rings is 3. The molecule has 0 radical (unpaired) electrons. The summed E-state index contributed by atoms with van der Waals surface area (Å²) in [7, 11) is 0. The second kappa shape index (κ2) is 7.28. The van der Waals surface area contributed by atoms with Crippen molar-refractivity contribution in [3.05, 3.63) is 85.1 Å². The van der Waals surface area contributed by atoms with E-state index < -0.39 is 0 Å². The molecular weight excluding hydrogens is 362 g/mol. The Morgan fingerprint density at radius 2 is 1.66 bits per heavy atom. The summed E-state index contributed by atoms with van der Waals surface area (Å²) in [4.78, 5) is 4.68. The average molecular weight is 381 g/mol. The van der Waals surface area contributed by atoms with Gasteiger partial charge in [-0.2, -0.15) is 5.10 Å². The minimum absolute atomic E-state index is 0.553. The Balaban J connectivity index is 1.66. The minimum Gasteiger partial charge on any atom is -0.494 e. The summed E-state index contributed by atoms with van der Waals surface area (Å²) in [5.41, 5.74) is 5.18. The quantitative estimate of drug-likeness (QED) is 0.389. The predicted molar refractivity (Wildman–Crippen MR) is 113 cm³/mol. The fraction of sp³-hybridized carbons (Fsp3) is 0.0833. The summed E-state index contributed by atoms with van der Waals surface area (Å²) >= 11 is 0. The molecule has 2 heterocycles. The Hall–Kier alpha value is -3.86. The predicted octanol–water partition coefficient (Wildman–Crippen LogP) is 5.75. The van der Waals surface area contributed by atoms with Crippen LogP contribution in [0.1, 0.15) is 6.92 Å². The maximum absolute atomic E-state index is 6.04. The van der Waals surface area contributed by atoms with Gasteiger partial charge in [0.25, 0.3) is 0 Å². The van der Waals surface area contributed by atoms with Crippen LogP contribution in [0.4, 0.5) is 0 Å². The van der Waals surface area contributed by atoms with E-state index in [2.05, 4.69) is 4.98 Å². The molecule has 0 bridgehead atoms. The molecule has 2 aromatic heterocycles. The first-order valence-corrected chi connectivity index (χ1v) is 9.56. The van der Waals surface area contributed by atoms with Gasteiger partial charge in [0.2, 0.25) is 5.89 Å². The zero-order valence-electron chi connectivity index (χ0n) is 15.9. The van der Waals surface area contributed by atoms with Crippen LogP contribution in [0.5, 0.6) is 5.75 Å². The van der Waals surface area contributed by atoms with Crippen molar-refractivity contribution >= 4 is 11.1 Å². The Kier molecular flexibility index (Phi) is 4.33. The molecule has 0 spiro atoms. The molecule has 5 rings (SSSR count). The van der Waals surface area contributed by atoms with Crippen LogP contribution in [0.3, 0.4) is 0 Å². The van der Waals surface area contributed by atoms with Crippen molar-refractivity contribution < 1.29 is 9.15 Å². The number of para-hydroxylation sites is 3. The highest BCUT2D eigenvalue weighted by Crippen LogP contribution is 2.34.